The van der Waals surface area contributed by atoms with Gasteiger partial charge in [-0.3, -0.25) is 14.7 Å². The van der Waals surface area contributed by atoms with Gasteiger partial charge >= 0.3 is 0 Å². The van der Waals surface area contributed by atoms with E-state index in [2.05, 4.69) is 34.7 Å². The average molecular weight is 433 g/mol. The highest BCUT2D eigenvalue weighted by atomic mass is 32.1. The Kier molecular flexibility index (Phi) is 6.13. The first-order valence-corrected chi connectivity index (χ1v) is 11.1. The molecule has 2 aromatic carbocycles. The van der Waals surface area contributed by atoms with Crippen LogP contribution < -0.4 is 10.6 Å². The van der Waals surface area contributed by atoms with E-state index in [0.29, 0.717) is 10.7 Å². The number of para-hydroxylation sites is 1. The van der Waals surface area contributed by atoms with Gasteiger partial charge in [-0.2, -0.15) is 5.10 Å². The first kappa shape index (κ1) is 20.8. The molecule has 0 spiro atoms. The lowest BCUT2D eigenvalue weighted by Gasteiger charge is -2.13. The van der Waals surface area contributed by atoms with Crippen molar-refractivity contribution < 1.29 is 9.59 Å². The van der Waals surface area contributed by atoms with Gasteiger partial charge in [0.1, 0.15) is 4.83 Å². The number of aryl methyl sites for hydroxylation is 2. The van der Waals surface area contributed by atoms with Crippen LogP contribution in [0.15, 0.2) is 54.6 Å². The number of hydrogen-bond donors (Lipinski definition) is 3. The third-order valence-corrected chi connectivity index (χ3v) is 6.22. The van der Waals surface area contributed by atoms with Crippen LogP contribution >= 0.6 is 11.3 Å². The van der Waals surface area contributed by atoms with Crippen LogP contribution in [0.2, 0.25) is 0 Å². The summed E-state index contributed by atoms with van der Waals surface area (Å²) in [4.78, 5) is 26.7. The molecule has 0 aliphatic carbocycles. The molecule has 0 saturated heterocycles. The van der Waals surface area contributed by atoms with E-state index in [0.717, 1.165) is 45.4 Å². The lowest BCUT2D eigenvalue weighted by molar-refractivity contribution is -0.115. The average Bonchev–Trinajstić information content (AvgIpc) is 3.36. The Labute approximate surface area is 184 Å². The van der Waals surface area contributed by atoms with Crippen molar-refractivity contribution in [1.29, 1.82) is 0 Å². The number of nitrogens with one attached hydrogen (secondary N) is 3. The number of aromatic nitrogens is 2. The van der Waals surface area contributed by atoms with Gasteiger partial charge in [-0.1, -0.05) is 62.4 Å². The molecule has 2 amide bonds. The highest BCUT2D eigenvalue weighted by Gasteiger charge is 2.18. The van der Waals surface area contributed by atoms with Crippen molar-refractivity contribution in [1.82, 2.24) is 10.2 Å². The third kappa shape index (κ3) is 4.51. The molecule has 0 aliphatic heterocycles. The number of anilines is 2. The molecule has 3 N–H and O–H groups in total. The van der Waals surface area contributed by atoms with Crippen molar-refractivity contribution >= 4 is 44.9 Å². The van der Waals surface area contributed by atoms with Gasteiger partial charge in [-0.15, -0.1) is 11.3 Å². The number of amides is 2. The molecule has 4 aromatic rings. The summed E-state index contributed by atoms with van der Waals surface area (Å²) in [5.41, 5.74) is 4.05. The molecule has 31 heavy (non-hydrogen) atoms. The van der Waals surface area contributed by atoms with Crippen molar-refractivity contribution in [3.8, 4) is 0 Å². The number of hydrogen-bond acceptors (Lipinski definition) is 4. The Hall–Kier alpha value is -3.45. The fourth-order valence-corrected chi connectivity index (χ4v) is 4.46. The van der Waals surface area contributed by atoms with Gasteiger partial charge in [0.15, 0.2) is 5.82 Å². The van der Waals surface area contributed by atoms with E-state index in [1.165, 1.54) is 11.3 Å². The van der Waals surface area contributed by atoms with Crippen LogP contribution in [-0.2, 0) is 24.1 Å². The first-order chi connectivity index (χ1) is 15.1. The number of rotatable bonds is 7. The van der Waals surface area contributed by atoms with Gasteiger partial charge in [-0.25, -0.2) is 0 Å². The molecule has 4 rings (SSSR count). The maximum Gasteiger partial charge on any atom is 0.265 e. The predicted octanol–water partition coefficient (Wildman–Crippen LogP) is 5.18. The molecule has 6 nitrogen and oxygen atoms in total. The number of nitrogens with zero attached hydrogens (tertiary/aromatic N) is 1. The maximum absolute atomic E-state index is 13.0. The second-order valence-corrected chi connectivity index (χ2v) is 8.30. The lowest BCUT2D eigenvalue weighted by atomic mass is 10.0. The smallest absolute Gasteiger partial charge is 0.265 e. The number of carbonyl (C=O) groups is 2. The number of fused-ring (bicyclic) bond motifs is 1. The van der Waals surface area contributed by atoms with E-state index in [-0.39, 0.29) is 18.2 Å². The zero-order chi connectivity index (χ0) is 21.8. The van der Waals surface area contributed by atoms with Crippen molar-refractivity contribution in [3.63, 3.8) is 0 Å². The summed E-state index contributed by atoms with van der Waals surface area (Å²) < 4.78 is 0. The van der Waals surface area contributed by atoms with Gasteiger partial charge in [0, 0.05) is 5.69 Å². The summed E-state index contributed by atoms with van der Waals surface area (Å²) >= 11 is 1.32. The minimum absolute atomic E-state index is 0.152. The summed E-state index contributed by atoms with van der Waals surface area (Å²) in [6, 6.07) is 17.4. The molecule has 2 heterocycles. The van der Waals surface area contributed by atoms with E-state index >= 15 is 0 Å². The summed E-state index contributed by atoms with van der Waals surface area (Å²) in [7, 11) is 0. The van der Waals surface area contributed by atoms with E-state index in [1.54, 1.807) is 6.07 Å². The van der Waals surface area contributed by atoms with E-state index < -0.39 is 0 Å². The quantitative estimate of drug-likeness (QED) is 0.376. The molecular weight excluding hydrogens is 408 g/mol. The largest absolute Gasteiger partial charge is 0.321 e. The van der Waals surface area contributed by atoms with Crippen LogP contribution in [0, 0.1) is 0 Å². The summed E-state index contributed by atoms with van der Waals surface area (Å²) in [5.74, 6) is 0.127. The van der Waals surface area contributed by atoms with Gasteiger partial charge in [0.05, 0.1) is 16.7 Å². The van der Waals surface area contributed by atoms with Crippen molar-refractivity contribution in [3.05, 3.63) is 76.2 Å². The Balaban J connectivity index is 1.52. The standard InChI is InChI=1S/C24H24N4O2S/c1-3-16-11-8-12-17(4-2)21(16)26-23(30)19-14-18-22(27-28-24(18)31-19)25-20(29)13-15-9-6-5-7-10-15/h5-12,14H,3-4,13H2,1-2H3,(H,26,30)(H2,25,27,28,29). The van der Waals surface area contributed by atoms with Crippen LogP contribution in [0.4, 0.5) is 11.5 Å². The Morgan fingerprint density at radius 1 is 0.968 bits per heavy atom. The molecule has 7 heteroatoms. The van der Waals surface area contributed by atoms with E-state index in [4.69, 9.17) is 0 Å². The molecule has 0 fully saturated rings. The predicted molar refractivity (Wildman–Crippen MR) is 126 cm³/mol. The number of thiophene rings is 1. The second kappa shape index (κ2) is 9.14. The number of benzene rings is 2. The van der Waals surface area contributed by atoms with Crippen molar-refractivity contribution in [2.45, 2.75) is 33.1 Å². The molecular formula is C24H24N4O2S. The third-order valence-electron chi connectivity index (χ3n) is 5.18. The maximum atomic E-state index is 13.0. The Bertz CT molecular complexity index is 1200. The van der Waals surface area contributed by atoms with E-state index in [1.807, 2.05) is 48.5 Å². The Morgan fingerprint density at radius 2 is 1.68 bits per heavy atom. The summed E-state index contributed by atoms with van der Waals surface area (Å²) in [6.07, 6.45) is 1.95. The molecule has 0 aliphatic rings. The van der Waals surface area contributed by atoms with Gasteiger partial charge in [0.25, 0.3) is 5.91 Å². The topological polar surface area (TPSA) is 86.9 Å². The zero-order valence-corrected chi connectivity index (χ0v) is 18.3. The van der Waals surface area contributed by atoms with Crippen LogP contribution in [0.5, 0.6) is 0 Å². The molecule has 2 aromatic heterocycles. The zero-order valence-electron chi connectivity index (χ0n) is 17.5. The van der Waals surface area contributed by atoms with Crippen LogP contribution in [-0.4, -0.2) is 22.0 Å². The van der Waals surface area contributed by atoms with Crippen molar-refractivity contribution in [2.75, 3.05) is 10.6 Å². The summed E-state index contributed by atoms with van der Waals surface area (Å²) in [5, 5.41) is 13.8. The Morgan fingerprint density at radius 3 is 2.35 bits per heavy atom. The number of aromatic amines is 1. The molecule has 0 unspecified atom stereocenters. The van der Waals surface area contributed by atoms with Crippen molar-refractivity contribution in [2.24, 2.45) is 0 Å². The highest BCUT2D eigenvalue weighted by molar-refractivity contribution is 7.20. The van der Waals surface area contributed by atoms with Crippen LogP contribution in [0.3, 0.4) is 0 Å². The van der Waals surface area contributed by atoms with Gasteiger partial charge in [-0.05, 0) is 35.6 Å². The van der Waals surface area contributed by atoms with Crippen LogP contribution in [0.1, 0.15) is 40.2 Å². The fraction of sp³-hybridized carbons (Fsp3) is 0.208. The van der Waals surface area contributed by atoms with Crippen LogP contribution in [0.25, 0.3) is 10.2 Å². The molecule has 0 atom stereocenters. The molecule has 0 bridgehead atoms. The normalized spacial score (nSPS) is 10.9. The minimum Gasteiger partial charge on any atom is -0.321 e. The molecule has 0 radical (unpaired) electrons. The summed E-state index contributed by atoms with van der Waals surface area (Å²) in [6.45, 7) is 4.16. The molecule has 158 valence electrons. The van der Waals surface area contributed by atoms with Gasteiger partial charge < -0.3 is 10.6 Å². The lowest BCUT2D eigenvalue weighted by Crippen LogP contribution is -2.15. The van der Waals surface area contributed by atoms with E-state index in [9.17, 15) is 9.59 Å². The fourth-order valence-electron chi connectivity index (χ4n) is 3.56. The monoisotopic (exact) mass is 432 g/mol. The highest BCUT2D eigenvalue weighted by Crippen LogP contribution is 2.31. The second-order valence-electron chi connectivity index (χ2n) is 7.25. The first-order valence-electron chi connectivity index (χ1n) is 10.3. The molecule has 0 saturated carbocycles. The number of H-pyrrole nitrogens is 1. The SMILES string of the molecule is CCc1cccc(CC)c1NC(=O)c1cc2c(NC(=O)Cc3ccccc3)n[nH]c2s1. The van der Waals surface area contributed by atoms with Gasteiger partial charge in [0.2, 0.25) is 5.91 Å². The number of carbonyl (C=O) groups excluding carboxylic acids is 2. The minimum atomic E-state index is -0.160.